The first kappa shape index (κ1) is 18.3. The Morgan fingerprint density at radius 3 is 2.18 bits per heavy atom. The number of benzene rings is 1. The number of carboxylic acid groups (broad SMARTS) is 1. The maximum atomic E-state index is 12.2. The van der Waals surface area contributed by atoms with Crippen LogP contribution in [0.1, 0.15) is 34.6 Å². The van der Waals surface area contributed by atoms with E-state index in [1.807, 2.05) is 0 Å². The predicted octanol–water partition coefficient (Wildman–Crippen LogP) is -3.03. The molecule has 110 valence electrons. The van der Waals surface area contributed by atoms with Crippen LogP contribution in [0.4, 0.5) is 5.69 Å². The molecule has 1 aliphatic rings. The molecular formula is C13H11N2NaO6. The summed E-state index contributed by atoms with van der Waals surface area (Å²) in [5.41, 5.74) is -0.551. The maximum Gasteiger partial charge on any atom is 1.00 e. The first-order chi connectivity index (χ1) is 9.75. The molecule has 1 atom stereocenters. The van der Waals surface area contributed by atoms with E-state index in [1.165, 1.54) is 13.8 Å². The molecule has 0 bridgehead atoms. The summed E-state index contributed by atoms with van der Waals surface area (Å²) in [7, 11) is 0. The van der Waals surface area contributed by atoms with Crippen molar-refractivity contribution < 1.29 is 54.0 Å². The van der Waals surface area contributed by atoms with Gasteiger partial charge in [-0.15, -0.1) is 0 Å². The topological polar surface area (TPSA) is 121 Å². The van der Waals surface area contributed by atoms with E-state index in [-0.39, 0.29) is 46.4 Å². The Labute approximate surface area is 147 Å². The number of nitro benzene ring substituents is 1. The van der Waals surface area contributed by atoms with Crippen LogP contribution < -0.4 is 34.7 Å². The van der Waals surface area contributed by atoms with Gasteiger partial charge in [-0.05, 0) is 12.0 Å². The third kappa shape index (κ3) is 2.90. The Bertz CT molecular complexity index is 672. The number of non-ortho nitro benzene ring substituents is 1. The molecule has 1 aliphatic heterocycles. The van der Waals surface area contributed by atoms with E-state index in [2.05, 4.69) is 0 Å². The van der Waals surface area contributed by atoms with Crippen LogP contribution in [0.15, 0.2) is 18.2 Å². The number of hydrogen-bond donors (Lipinski definition) is 0. The number of carbonyl (C=O) groups is 3. The Morgan fingerprint density at radius 1 is 1.18 bits per heavy atom. The zero-order valence-electron chi connectivity index (χ0n) is 12.2. The third-order valence-electron chi connectivity index (χ3n) is 3.26. The van der Waals surface area contributed by atoms with E-state index in [9.17, 15) is 29.6 Å². The average Bonchev–Trinajstić information content (AvgIpc) is 2.63. The molecular weight excluding hydrogens is 303 g/mol. The molecule has 1 aromatic rings. The van der Waals surface area contributed by atoms with Crippen molar-refractivity contribution in [3.8, 4) is 0 Å². The minimum absolute atomic E-state index is 0. The summed E-state index contributed by atoms with van der Waals surface area (Å²) in [5, 5.41) is 21.9. The van der Waals surface area contributed by atoms with Gasteiger partial charge in [-0.2, -0.15) is 0 Å². The predicted molar refractivity (Wildman–Crippen MR) is 67.2 cm³/mol. The summed E-state index contributed by atoms with van der Waals surface area (Å²) in [6, 6.07) is 1.80. The van der Waals surface area contributed by atoms with Crippen LogP contribution >= 0.6 is 0 Å². The number of imide groups is 1. The van der Waals surface area contributed by atoms with Crippen molar-refractivity contribution in [2.45, 2.75) is 19.9 Å². The van der Waals surface area contributed by atoms with Gasteiger partial charge >= 0.3 is 29.6 Å². The monoisotopic (exact) mass is 314 g/mol. The SMILES string of the molecule is CC(C)C(C(=O)[O-])N1C(=O)c2ccc([N+](=O)[O-])cc2C1=O.[Na+]. The average molecular weight is 314 g/mol. The normalized spacial score (nSPS) is 14.6. The van der Waals surface area contributed by atoms with E-state index in [0.29, 0.717) is 4.90 Å². The van der Waals surface area contributed by atoms with Crippen LogP contribution in [0.5, 0.6) is 0 Å². The zero-order valence-corrected chi connectivity index (χ0v) is 14.2. The second kappa shape index (κ2) is 6.55. The van der Waals surface area contributed by atoms with E-state index in [0.717, 1.165) is 18.2 Å². The van der Waals surface area contributed by atoms with Gasteiger partial charge < -0.3 is 9.90 Å². The molecule has 0 aliphatic carbocycles. The van der Waals surface area contributed by atoms with Crippen molar-refractivity contribution in [2.24, 2.45) is 5.92 Å². The van der Waals surface area contributed by atoms with Gasteiger partial charge in [-0.3, -0.25) is 24.6 Å². The molecule has 0 radical (unpaired) electrons. The van der Waals surface area contributed by atoms with Crippen LogP contribution in [-0.2, 0) is 4.79 Å². The number of aliphatic carboxylic acids is 1. The largest absolute Gasteiger partial charge is 1.00 e. The second-order valence-electron chi connectivity index (χ2n) is 4.98. The fourth-order valence-corrected chi connectivity index (χ4v) is 2.29. The first-order valence-electron chi connectivity index (χ1n) is 6.13. The Hall–Kier alpha value is -1.77. The summed E-state index contributed by atoms with van der Waals surface area (Å²) in [5.74, 6) is -3.74. The molecule has 2 rings (SSSR count). The fraction of sp³-hybridized carbons (Fsp3) is 0.308. The molecule has 0 N–H and O–H groups in total. The van der Waals surface area contributed by atoms with Gasteiger partial charge in [-0.1, -0.05) is 13.8 Å². The van der Waals surface area contributed by atoms with Crippen LogP contribution in [0.25, 0.3) is 0 Å². The first-order valence-corrected chi connectivity index (χ1v) is 6.13. The minimum Gasteiger partial charge on any atom is -0.548 e. The second-order valence-corrected chi connectivity index (χ2v) is 4.98. The Morgan fingerprint density at radius 2 is 1.73 bits per heavy atom. The van der Waals surface area contributed by atoms with Crippen LogP contribution in [0.3, 0.4) is 0 Å². The number of carboxylic acids is 1. The molecule has 9 heteroatoms. The van der Waals surface area contributed by atoms with Gasteiger partial charge in [0, 0.05) is 12.1 Å². The number of nitrogens with zero attached hydrogens (tertiary/aromatic N) is 2. The molecule has 22 heavy (non-hydrogen) atoms. The molecule has 0 aromatic heterocycles. The number of rotatable bonds is 4. The molecule has 0 saturated carbocycles. The molecule has 8 nitrogen and oxygen atoms in total. The fourth-order valence-electron chi connectivity index (χ4n) is 2.29. The summed E-state index contributed by atoms with van der Waals surface area (Å²) >= 11 is 0. The van der Waals surface area contributed by atoms with Gasteiger partial charge in [0.25, 0.3) is 17.5 Å². The smallest absolute Gasteiger partial charge is 0.548 e. The van der Waals surface area contributed by atoms with Crippen LogP contribution in [0, 0.1) is 16.0 Å². The van der Waals surface area contributed by atoms with Crippen molar-refractivity contribution in [2.75, 3.05) is 0 Å². The van der Waals surface area contributed by atoms with Gasteiger partial charge in [0.15, 0.2) is 0 Å². The maximum absolute atomic E-state index is 12.2. The molecule has 1 aromatic carbocycles. The van der Waals surface area contributed by atoms with Gasteiger partial charge in [0.1, 0.15) is 0 Å². The van der Waals surface area contributed by atoms with Crippen molar-refractivity contribution >= 4 is 23.5 Å². The van der Waals surface area contributed by atoms with E-state index in [1.54, 1.807) is 0 Å². The Kier molecular flexibility index (Phi) is 5.44. The summed E-state index contributed by atoms with van der Waals surface area (Å²) in [4.78, 5) is 46.2. The van der Waals surface area contributed by atoms with E-state index in [4.69, 9.17) is 0 Å². The standard InChI is InChI=1S/C13H12N2O6.Na/c1-6(2)10(13(18)19)14-11(16)8-4-3-7(15(20)21)5-9(8)12(14)17;/h3-6,10H,1-2H3,(H,18,19);/q;+1/p-1. The van der Waals surface area contributed by atoms with Crippen LogP contribution in [-0.4, -0.2) is 33.6 Å². The van der Waals surface area contributed by atoms with Gasteiger partial charge in [-0.25, -0.2) is 0 Å². The van der Waals surface area contributed by atoms with E-state index >= 15 is 0 Å². The number of nitro groups is 1. The summed E-state index contributed by atoms with van der Waals surface area (Å²) < 4.78 is 0. The summed E-state index contributed by atoms with van der Waals surface area (Å²) in [6.45, 7) is 3.07. The van der Waals surface area contributed by atoms with Crippen molar-refractivity contribution in [1.29, 1.82) is 0 Å². The van der Waals surface area contributed by atoms with E-state index < -0.39 is 34.7 Å². The summed E-state index contributed by atoms with van der Waals surface area (Å²) in [6.07, 6.45) is 0. The molecule has 0 saturated heterocycles. The third-order valence-corrected chi connectivity index (χ3v) is 3.26. The number of carbonyl (C=O) groups excluding carboxylic acids is 3. The van der Waals surface area contributed by atoms with Gasteiger partial charge in [0.2, 0.25) is 0 Å². The quantitative estimate of drug-likeness (QED) is 0.252. The van der Waals surface area contributed by atoms with Crippen LogP contribution in [0.2, 0.25) is 0 Å². The zero-order chi connectivity index (χ0) is 15.9. The molecule has 2 amide bonds. The Balaban J connectivity index is 0.00000242. The molecule has 0 spiro atoms. The van der Waals surface area contributed by atoms with Crippen molar-refractivity contribution in [3.05, 3.63) is 39.4 Å². The number of amides is 2. The van der Waals surface area contributed by atoms with Gasteiger partial charge in [0.05, 0.1) is 28.1 Å². The molecule has 1 unspecified atom stereocenters. The van der Waals surface area contributed by atoms with Crippen molar-refractivity contribution in [1.82, 2.24) is 4.90 Å². The number of hydrogen-bond acceptors (Lipinski definition) is 6. The molecule has 0 fully saturated rings. The van der Waals surface area contributed by atoms with Crippen molar-refractivity contribution in [3.63, 3.8) is 0 Å². The molecule has 1 heterocycles. The number of fused-ring (bicyclic) bond motifs is 1. The minimum atomic E-state index is -1.55.